The molecule has 20 heavy (non-hydrogen) atoms. The van der Waals surface area contributed by atoms with Gasteiger partial charge >= 0.3 is 0 Å². The SMILES string of the molecule is CN(C)C(=O)Cn1cc(C(=O)N2CCCC2(C)C)nn1. The lowest BCUT2D eigenvalue weighted by atomic mass is 10.0. The lowest BCUT2D eigenvalue weighted by Crippen LogP contribution is -2.42. The molecule has 7 heteroatoms. The van der Waals surface area contributed by atoms with Crippen LogP contribution in [0.3, 0.4) is 0 Å². The van der Waals surface area contributed by atoms with E-state index in [0.29, 0.717) is 5.69 Å². The summed E-state index contributed by atoms with van der Waals surface area (Å²) in [6, 6.07) is 0. The standard InChI is InChI=1S/C13H21N5O2/c1-13(2)6-5-7-18(13)12(20)10-8-17(15-14-10)9-11(19)16(3)4/h8H,5-7,9H2,1-4H3. The molecule has 0 aromatic carbocycles. The predicted molar refractivity (Wildman–Crippen MR) is 73.1 cm³/mol. The number of carbonyl (C=O) groups is 2. The molecular formula is C13H21N5O2. The third-order valence-corrected chi connectivity index (χ3v) is 3.70. The molecule has 1 saturated heterocycles. The minimum Gasteiger partial charge on any atom is -0.347 e. The Kier molecular flexibility index (Phi) is 3.78. The van der Waals surface area contributed by atoms with Crippen LogP contribution in [0, 0.1) is 0 Å². The van der Waals surface area contributed by atoms with Gasteiger partial charge in [-0.3, -0.25) is 9.59 Å². The maximum Gasteiger partial charge on any atom is 0.276 e. The Hall–Kier alpha value is -1.92. The van der Waals surface area contributed by atoms with Gasteiger partial charge in [0.15, 0.2) is 5.69 Å². The number of hydrogen-bond acceptors (Lipinski definition) is 4. The second-order valence-electron chi connectivity index (χ2n) is 5.96. The van der Waals surface area contributed by atoms with Crippen LogP contribution in [-0.4, -0.2) is 62.8 Å². The molecule has 1 aromatic rings. The van der Waals surface area contributed by atoms with E-state index in [2.05, 4.69) is 24.2 Å². The van der Waals surface area contributed by atoms with Crippen LogP contribution in [0.1, 0.15) is 37.2 Å². The van der Waals surface area contributed by atoms with Gasteiger partial charge in [-0.25, -0.2) is 4.68 Å². The number of aromatic nitrogens is 3. The highest BCUT2D eigenvalue weighted by molar-refractivity contribution is 5.92. The van der Waals surface area contributed by atoms with E-state index < -0.39 is 0 Å². The van der Waals surface area contributed by atoms with Gasteiger partial charge in [0, 0.05) is 26.2 Å². The Morgan fingerprint density at radius 1 is 1.40 bits per heavy atom. The maximum absolute atomic E-state index is 12.4. The first-order valence-electron chi connectivity index (χ1n) is 6.73. The van der Waals surface area contributed by atoms with E-state index in [4.69, 9.17) is 0 Å². The highest BCUT2D eigenvalue weighted by Gasteiger charge is 2.36. The molecule has 7 nitrogen and oxygen atoms in total. The van der Waals surface area contributed by atoms with Crippen molar-refractivity contribution in [3.05, 3.63) is 11.9 Å². The quantitative estimate of drug-likeness (QED) is 0.802. The van der Waals surface area contributed by atoms with Crippen LogP contribution >= 0.6 is 0 Å². The molecule has 0 aliphatic carbocycles. The van der Waals surface area contributed by atoms with Crippen LogP contribution in [0.25, 0.3) is 0 Å². The number of rotatable bonds is 3. The molecular weight excluding hydrogens is 258 g/mol. The zero-order valence-corrected chi connectivity index (χ0v) is 12.5. The topological polar surface area (TPSA) is 71.3 Å². The molecule has 0 bridgehead atoms. The number of hydrogen-bond donors (Lipinski definition) is 0. The summed E-state index contributed by atoms with van der Waals surface area (Å²) < 4.78 is 1.40. The Bertz CT molecular complexity index is 521. The molecule has 2 heterocycles. The number of likely N-dealkylation sites (tertiary alicyclic amines) is 1. The van der Waals surface area contributed by atoms with E-state index in [-0.39, 0.29) is 23.9 Å². The van der Waals surface area contributed by atoms with Crippen LogP contribution in [0.5, 0.6) is 0 Å². The highest BCUT2D eigenvalue weighted by Crippen LogP contribution is 2.29. The van der Waals surface area contributed by atoms with Gasteiger partial charge in [0.1, 0.15) is 6.54 Å². The van der Waals surface area contributed by atoms with Gasteiger partial charge < -0.3 is 9.80 Å². The summed E-state index contributed by atoms with van der Waals surface area (Å²) in [6.45, 7) is 4.95. The van der Waals surface area contributed by atoms with Crippen molar-refractivity contribution in [1.29, 1.82) is 0 Å². The maximum atomic E-state index is 12.4. The van der Waals surface area contributed by atoms with E-state index in [1.54, 1.807) is 14.1 Å². The van der Waals surface area contributed by atoms with Gasteiger partial charge in [0.2, 0.25) is 5.91 Å². The lowest BCUT2D eigenvalue weighted by molar-refractivity contribution is -0.129. The molecule has 0 unspecified atom stereocenters. The van der Waals surface area contributed by atoms with Crippen molar-refractivity contribution in [2.75, 3.05) is 20.6 Å². The number of amides is 2. The molecule has 2 amide bonds. The fourth-order valence-corrected chi connectivity index (χ4v) is 2.38. The van der Waals surface area contributed by atoms with Crippen molar-refractivity contribution < 1.29 is 9.59 Å². The van der Waals surface area contributed by atoms with Crippen LogP contribution in [0.2, 0.25) is 0 Å². The first-order valence-corrected chi connectivity index (χ1v) is 6.73. The average molecular weight is 279 g/mol. The summed E-state index contributed by atoms with van der Waals surface area (Å²) in [5, 5.41) is 7.74. The van der Waals surface area contributed by atoms with Crippen LogP contribution in [-0.2, 0) is 11.3 Å². The second kappa shape index (κ2) is 5.22. The third kappa shape index (κ3) is 2.81. The third-order valence-electron chi connectivity index (χ3n) is 3.70. The van der Waals surface area contributed by atoms with Gasteiger partial charge in [0.05, 0.1) is 6.20 Å². The highest BCUT2D eigenvalue weighted by atomic mass is 16.2. The Morgan fingerprint density at radius 3 is 2.65 bits per heavy atom. The van der Waals surface area contributed by atoms with E-state index in [1.165, 1.54) is 15.8 Å². The normalized spacial score (nSPS) is 17.3. The number of likely N-dealkylation sites (N-methyl/N-ethyl adjacent to an activating group) is 1. The minimum atomic E-state index is -0.139. The summed E-state index contributed by atoms with van der Waals surface area (Å²) in [4.78, 5) is 27.3. The van der Waals surface area contributed by atoms with Crippen LogP contribution in [0.15, 0.2) is 6.20 Å². The van der Waals surface area contributed by atoms with Crippen molar-refractivity contribution in [2.45, 2.75) is 38.8 Å². The molecule has 1 aliphatic rings. The number of carbonyl (C=O) groups excluding carboxylic acids is 2. The molecule has 0 atom stereocenters. The fourth-order valence-electron chi connectivity index (χ4n) is 2.38. The summed E-state index contributed by atoms with van der Waals surface area (Å²) in [7, 11) is 3.36. The van der Waals surface area contributed by atoms with Crippen molar-refractivity contribution in [3.8, 4) is 0 Å². The molecule has 0 radical (unpaired) electrons. The van der Waals surface area contributed by atoms with Crippen molar-refractivity contribution in [3.63, 3.8) is 0 Å². The molecule has 0 spiro atoms. The lowest BCUT2D eigenvalue weighted by Gasteiger charge is -2.30. The first-order chi connectivity index (χ1) is 9.31. The first kappa shape index (κ1) is 14.5. The zero-order valence-electron chi connectivity index (χ0n) is 12.5. The van der Waals surface area contributed by atoms with Crippen LogP contribution < -0.4 is 0 Å². The van der Waals surface area contributed by atoms with Gasteiger partial charge in [-0.2, -0.15) is 0 Å². The van der Waals surface area contributed by atoms with Crippen LogP contribution in [0.4, 0.5) is 0 Å². The van der Waals surface area contributed by atoms with Gasteiger partial charge in [0.25, 0.3) is 5.91 Å². The Labute approximate surface area is 118 Å². The van der Waals surface area contributed by atoms with Gasteiger partial charge in [-0.05, 0) is 26.7 Å². The van der Waals surface area contributed by atoms with Gasteiger partial charge in [-0.15, -0.1) is 5.10 Å². The Balaban J connectivity index is 2.09. The summed E-state index contributed by atoms with van der Waals surface area (Å²) >= 11 is 0. The molecule has 0 saturated carbocycles. The molecule has 0 N–H and O–H groups in total. The summed E-state index contributed by atoms with van der Waals surface area (Å²) in [6.07, 6.45) is 3.54. The largest absolute Gasteiger partial charge is 0.347 e. The van der Waals surface area contributed by atoms with E-state index >= 15 is 0 Å². The molecule has 110 valence electrons. The van der Waals surface area contributed by atoms with Crippen molar-refractivity contribution in [2.24, 2.45) is 0 Å². The van der Waals surface area contributed by atoms with Crippen molar-refractivity contribution in [1.82, 2.24) is 24.8 Å². The fraction of sp³-hybridized carbons (Fsp3) is 0.692. The zero-order chi connectivity index (χ0) is 14.9. The second-order valence-corrected chi connectivity index (χ2v) is 5.96. The summed E-state index contributed by atoms with van der Waals surface area (Å²) in [5.41, 5.74) is 0.159. The molecule has 2 rings (SSSR count). The van der Waals surface area contributed by atoms with E-state index in [1.807, 2.05) is 4.90 Å². The van der Waals surface area contributed by atoms with E-state index in [9.17, 15) is 9.59 Å². The average Bonchev–Trinajstić information content (AvgIpc) is 2.94. The number of nitrogens with zero attached hydrogens (tertiary/aromatic N) is 5. The minimum absolute atomic E-state index is 0.0876. The predicted octanol–water partition coefficient (Wildman–Crippen LogP) is 0.381. The van der Waals surface area contributed by atoms with E-state index in [0.717, 1.165) is 19.4 Å². The molecule has 1 aromatic heterocycles. The smallest absolute Gasteiger partial charge is 0.276 e. The Morgan fingerprint density at radius 2 is 2.10 bits per heavy atom. The molecule has 1 aliphatic heterocycles. The van der Waals surface area contributed by atoms with Gasteiger partial charge in [-0.1, -0.05) is 5.21 Å². The summed E-state index contributed by atoms with van der Waals surface area (Å²) in [5.74, 6) is -0.202. The molecule has 1 fully saturated rings. The monoisotopic (exact) mass is 279 g/mol. The van der Waals surface area contributed by atoms with Crippen molar-refractivity contribution >= 4 is 11.8 Å².